The Labute approximate surface area is 168 Å². The van der Waals surface area contributed by atoms with Crippen molar-refractivity contribution in [2.24, 2.45) is 0 Å². The predicted octanol–water partition coefficient (Wildman–Crippen LogP) is 4.12. The summed E-state index contributed by atoms with van der Waals surface area (Å²) in [5, 5.41) is 0. The molecule has 0 heterocycles. The van der Waals surface area contributed by atoms with Crippen LogP contribution < -0.4 is 10.6 Å². The van der Waals surface area contributed by atoms with Crippen molar-refractivity contribution >= 4 is 23.3 Å². The van der Waals surface area contributed by atoms with E-state index in [-0.39, 0.29) is 24.7 Å². The van der Waals surface area contributed by atoms with E-state index < -0.39 is 5.97 Å². The van der Waals surface area contributed by atoms with E-state index in [9.17, 15) is 9.59 Å². The lowest BCUT2D eigenvalue weighted by Crippen LogP contribution is -2.32. The SMILES string of the molecule is CCOC(=O)c1cccc(N)c1N(C)C(=O)COC/C=C(\C)CCC=C(C)C. The summed E-state index contributed by atoms with van der Waals surface area (Å²) in [5.74, 6) is -0.806. The van der Waals surface area contributed by atoms with Crippen molar-refractivity contribution in [3.8, 4) is 0 Å². The Morgan fingerprint density at radius 1 is 1.18 bits per heavy atom. The van der Waals surface area contributed by atoms with Gasteiger partial charge in [-0.2, -0.15) is 0 Å². The molecule has 0 radical (unpaired) electrons. The number of hydrogen-bond acceptors (Lipinski definition) is 5. The molecule has 1 aromatic rings. The highest BCUT2D eigenvalue weighted by molar-refractivity contribution is 6.06. The molecule has 154 valence electrons. The average Bonchev–Trinajstić information content (AvgIpc) is 2.64. The Morgan fingerprint density at radius 2 is 1.89 bits per heavy atom. The molecule has 0 aliphatic heterocycles. The largest absolute Gasteiger partial charge is 0.462 e. The molecule has 0 saturated carbocycles. The van der Waals surface area contributed by atoms with E-state index in [1.807, 2.05) is 13.0 Å². The van der Waals surface area contributed by atoms with Crippen LogP contribution in [-0.2, 0) is 14.3 Å². The summed E-state index contributed by atoms with van der Waals surface area (Å²) in [6.07, 6.45) is 6.14. The Hall–Kier alpha value is -2.60. The minimum atomic E-state index is -0.514. The Balaban J connectivity index is 2.66. The van der Waals surface area contributed by atoms with Gasteiger partial charge in [0.2, 0.25) is 0 Å². The van der Waals surface area contributed by atoms with Crippen LogP contribution in [0.3, 0.4) is 0 Å². The van der Waals surface area contributed by atoms with Gasteiger partial charge < -0.3 is 20.1 Å². The number of nitrogen functional groups attached to an aromatic ring is 1. The van der Waals surface area contributed by atoms with E-state index in [2.05, 4.69) is 19.9 Å². The van der Waals surface area contributed by atoms with Gasteiger partial charge in [-0.15, -0.1) is 0 Å². The fourth-order valence-corrected chi connectivity index (χ4v) is 2.57. The normalized spacial score (nSPS) is 11.1. The van der Waals surface area contributed by atoms with Crippen LogP contribution in [0.1, 0.15) is 50.9 Å². The van der Waals surface area contributed by atoms with Crippen molar-refractivity contribution < 1.29 is 19.1 Å². The summed E-state index contributed by atoms with van der Waals surface area (Å²) in [6.45, 7) is 8.43. The first kappa shape index (κ1) is 23.4. The van der Waals surface area contributed by atoms with Crippen LogP contribution in [-0.4, -0.2) is 38.7 Å². The number of esters is 1. The molecular formula is C22H32N2O4. The Kier molecular flexibility index (Phi) is 10.0. The van der Waals surface area contributed by atoms with Crippen molar-refractivity contribution in [1.82, 2.24) is 0 Å². The lowest BCUT2D eigenvalue weighted by Gasteiger charge is -2.21. The molecule has 0 fully saturated rings. The zero-order valence-corrected chi connectivity index (χ0v) is 17.6. The molecule has 6 nitrogen and oxygen atoms in total. The maximum Gasteiger partial charge on any atom is 0.340 e. The number of hydrogen-bond donors (Lipinski definition) is 1. The second kappa shape index (κ2) is 12.0. The minimum Gasteiger partial charge on any atom is -0.462 e. The summed E-state index contributed by atoms with van der Waals surface area (Å²) in [7, 11) is 1.57. The standard InChI is InChI=1S/C22H32N2O4/c1-6-28-22(26)18-11-8-12-19(23)21(18)24(5)20(25)15-27-14-13-17(4)10-7-9-16(2)3/h8-9,11-13H,6-7,10,14-15,23H2,1-5H3/b17-13+. The highest BCUT2D eigenvalue weighted by Crippen LogP contribution is 2.28. The predicted molar refractivity (Wildman–Crippen MR) is 113 cm³/mol. The molecule has 2 N–H and O–H groups in total. The molecule has 0 unspecified atom stereocenters. The van der Waals surface area contributed by atoms with Crippen LogP contribution in [0.2, 0.25) is 0 Å². The number of carbonyl (C=O) groups is 2. The summed E-state index contributed by atoms with van der Waals surface area (Å²) in [6, 6.07) is 4.89. The molecule has 0 aromatic heterocycles. The van der Waals surface area contributed by atoms with E-state index in [1.54, 1.807) is 32.2 Å². The Morgan fingerprint density at radius 3 is 2.54 bits per heavy atom. The number of nitrogens with two attached hydrogens (primary N) is 1. The molecule has 0 bridgehead atoms. The zero-order valence-electron chi connectivity index (χ0n) is 17.6. The number of rotatable bonds is 10. The molecule has 1 rings (SSSR count). The van der Waals surface area contributed by atoms with Gasteiger partial charge in [-0.05, 0) is 52.7 Å². The highest BCUT2D eigenvalue weighted by Gasteiger charge is 2.21. The number of likely N-dealkylation sites (N-methyl/N-ethyl adjacent to an activating group) is 1. The van der Waals surface area contributed by atoms with Crippen molar-refractivity contribution in [2.45, 2.75) is 40.5 Å². The van der Waals surface area contributed by atoms with E-state index in [4.69, 9.17) is 15.2 Å². The van der Waals surface area contributed by atoms with Crippen molar-refractivity contribution in [1.29, 1.82) is 0 Å². The van der Waals surface area contributed by atoms with Gasteiger partial charge in [0.25, 0.3) is 5.91 Å². The fraction of sp³-hybridized carbons (Fsp3) is 0.455. The molecular weight excluding hydrogens is 356 g/mol. The summed E-state index contributed by atoms with van der Waals surface area (Å²) in [5.41, 5.74) is 9.45. The van der Waals surface area contributed by atoms with Gasteiger partial charge in [-0.3, -0.25) is 4.79 Å². The van der Waals surface area contributed by atoms with Gasteiger partial charge in [0.05, 0.1) is 30.2 Å². The van der Waals surface area contributed by atoms with Crippen LogP contribution in [0.4, 0.5) is 11.4 Å². The third-order valence-electron chi connectivity index (χ3n) is 4.14. The zero-order chi connectivity index (χ0) is 21.1. The van der Waals surface area contributed by atoms with Gasteiger partial charge in [0, 0.05) is 7.05 Å². The number of benzene rings is 1. The van der Waals surface area contributed by atoms with E-state index in [1.165, 1.54) is 16.0 Å². The van der Waals surface area contributed by atoms with Crippen molar-refractivity contribution in [2.75, 3.05) is 37.5 Å². The minimum absolute atomic E-state index is 0.106. The van der Waals surface area contributed by atoms with Gasteiger partial charge in [-0.25, -0.2) is 4.79 Å². The van der Waals surface area contributed by atoms with E-state index in [0.29, 0.717) is 18.0 Å². The fourth-order valence-electron chi connectivity index (χ4n) is 2.57. The lowest BCUT2D eigenvalue weighted by atomic mass is 10.1. The number of allylic oxidation sites excluding steroid dienone is 3. The molecule has 0 saturated heterocycles. The van der Waals surface area contributed by atoms with Crippen LogP contribution in [0.5, 0.6) is 0 Å². The van der Waals surface area contributed by atoms with Crippen molar-refractivity contribution in [3.05, 3.63) is 47.1 Å². The monoisotopic (exact) mass is 388 g/mol. The summed E-state index contributed by atoms with van der Waals surface area (Å²) in [4.78, 5) is 26.0. The summed E-state index contributed by atoms with van der Waals surface area (Å²) < 4.78 is 10.5. The van der Waals surface area contributed by atoms with Crippen LogP contribution in [0.25, 0.3) is 0 Å². The third-order valence-corrected chi connectivity index (χ3v) is 4.14. The van der Waals surface area contributed by atoms with E-state index in [0.717, 1.165) is 12.8 Å². The van der Waals surface area contributed by atoms with Crippen LogP contribution in [0, 0.1) is 0 Å². The third kappa shape index (κ3) is 7.56. The average molecular weight is 389 g/mol. The Bertz CT molecular complexity index is 734. The van der Waals surface area contributed by atoms with Crippen LogP contribution in [0.15, 0.2) is 41.5 Å². The number of amides is 1. The number of anilines is 2. The number of nitrogens with zero attached hydrogens (tertiary/aromatic N) is 1. The van der Waals surface area contributed by atoms with Gasteiger partial charge in [0.1, 0.15) is 6.61 Å². The molecule has 0 aliphatic rings. The summed E-state index contributed by atoms with van der Waals surface area (Å²) >= 11 is 0. The van der Waals surface area contributed by atoms with Gasteiger partial charge >= 0.3 is 5.97 Å². The topological polar surface area (TPSA) is 81.9 Å². The number of carbonyl (C=O) groups excluding carboxylic acids is 2. The molecule has 6 heteroatoms. The molecule has 0 spiro atoms. The van der Waals surface area contributed by atoms with Crippen molar-refractivity contribution in [3.63, 3.8) is 0 Å². The van der Waals surface area contributed by atoms with E-state index >= 15 is 0 Å². The second-order valence-corrected chi connectivity index (χ2v) is 6.80. The molecule has 28 heavy (non-hydrogen) atoms. The molecule has 1 aromatic carbocycles. The highest BCUT2D eigenvalue weighted by atomic mass is 16.5. The maximum absolute atomic E-state index is 12.5. The number of para-hydroxylation sites is 1. The first-order valence-corrected chi connectivity index (χ1v) is 9.46. The lowest BCUT2D eigenvalue weighted by molar-refractivity contribution is -0.122. The quantitative estimate of drug-likeness (QED) is 0.282. The maximum atomic E-state index is 12.5. The molecule has 0 aliphatic carbocycles. The molecule has 1 amide bonds. The molecule has 0 atom stereocenters. The van der Waals surface area contributed by atoms with Gasteiger partial charge in [0.15, 0.2) is 0 Å². The smallest absolute Gasteiger partial charge is 0.340 e. The number of ether oxygens (including phenoxy) is 2. The van der Waals surface area contributed by atoms with Crippen LogP contribution >= 0.6 is 0 Å². The first-order chi connectivity index (χ1) is 13.3. The first-order valence-electron chi connectivity index (χ1n) is 9.46. The second-order valence-electron chi connectivity index (χ2n) is 6.80. The van der Waals surface area contributed by atoms with Gasteiger partial charge in [-0.1, -0.05) is 29.4 Å².